The van der Waals surface area contributed by atoms with E-state index in [1.807, 2.05) is 38.1 Å². The van der Waals surface area contributed by atoms with Crippen LogP contribution in [0.25, 0.3) is 0 Å². The molecule has 1 aromatic rings. The van der Waals surface area contributed by atoms with Crippen molar-refractivity contribution in [1.82, 2.24) is 4.90 Å². The van der Waals surface area contributed by atoms with Gasteiger partial charge in [0.1, 0.15) is 11.8 Å². The third-order valence-electron chi connectivity index (χ3n) is 3.87. The summed E-state index contributed by atoms with van der Waals surface area (Å²) in [5, 5.41) is 9.65. The van der Waals surface area contributed by atoms with Crippen molar-refractivity contribution in [2.45, 2.75) is 37.6 Å². The summed E-state index contributed by atoms with van der Waals surface area (Å²) in [6.07, 6.45) is 1.02. The van der Waals surface area contributed by atoms with E-state index in [0.29, 0.717) is 6.54 Å². The van der Waals surface area contributed by atoms with Gasteiger partial charge in [-0.05, 0) is 43.7 Å². The summed E-state index contributed by atoms with van der Waals surface area (Å²) in [6, 6.07) is 7.38. The lowest BCUT2D eigenvalue weighted by Gasteiger charge is -2.36. The number of aliphatic carboxylic acids is 1. The van der Waals surface area contributed by atoms with E-state index in [1.54, 1.807) is 18.9 Å². The van der Waals surface area contributed by atoms with Crippen molar-refractivity contribution in [3.63, 3.8) is 0 Å². The van der Waals surface area contributed by atoms with Crippen molar-refractivity contribution < 1.29 is 14.6 Å². The van der Waals surface area contributed by atoms with Gasteiger partial charge in [0, 0.05) is 17.8 Å². The van der Waals surface area contributed by atoms with Gasteiger partial charge in [-0.3, -0.25) is 9.69 Å². The minimum Gasteiger partial charge on any atom is -0.497 e. The number of carboxylic acids is 1. The van der Waals surface area contributed by atoms with Crippen molar-refractivity contribution in [3.05, 3.63) is 29.8 Å². The third-order valence-corrected chi connectivity index (χ3v) is 5.33. The molecule has 1 heterocycles. The maximum atomic E-state index is 11.7. The summed E-state index contributed by atoms with van der Waals surface area (Å²) in [5.41, 5.74) is 1.12. The van der Waals surface area contributed by atoms with Crippen molar-refractivity contribution >= 4 is 17.7 Å². The van der Waals surface area contributed by atoms with Gasteiger partial charge in [-0.15, -0.1) is 0 Å². The van der Waals surface area contributed by atoms with Gasteiger partial charge >= 0.3 is 5.97 Å². The fraction of sp³-hybridized carbons (Fsp3) is 0.562. The highest BCUT2D eigenvalue weighted by Gasteiger charge is 2.41. The molecule has 0 unspecified atom stereocenters. The first kappa shape index (κ1) is 16.2. The molecule has 1 aliphatic heterocycles. The number of carboxylic acid groups (broad SMARTS) is 1. The van der Waals surface area contributed by atoms with Gasteiger partial charge in [-0.1, -0.05) is 12.1 Å². The van der Waals surface area contributed by atoms with E-state index < -0.39 is 12.0 Å². The molecule has 21 heavy (non-hydrogen) atoms. The van der Waals surface area contributed by atoms with Gasteiger partial charge in [0.2, 0.25) is 0 Å². The SMILES string of the molecule is COc1ccc(CN2CCCSC(C)(C)[C@@H]2C(=O)O)cc1. The summed E-state index contributed by atoms with van der Waals surface area (Å²) in [7, 11) is 1.64. The molecule has 1 atom stereocenters. The molecule has 4 nitrogen and oxygen atoms in total. The number of hydrogen-bond acceptors (Lipinski definition) is 4. The molecule has 1 aliphatic rings. The molecule has 1 saturated heterocycles. The second-order valence-corrected chi connectivity index (χ2v) is 7.61. The summed E-state index contributed by atoms with van der Waals surface area (Å²) in [4.78, 5) is 13.8. The van der Waals surface area contributed by atoms with Crippen LogP contribution >= 0.6 is 11.8 Å². The van der Waals surface area contributed by atoms with Gasteiger partial charge in [-0.25, -0.2) is 0 Å². The largest absolute Gasteiger partial charge is 0.497 e. The zero-order chi connectivity index (χ0) is 15.5. The monoisotopic (exact) mass is 309 g/mol. The Morgan fingerprint density at radius 3 is 2.67 bits per heavy atom. The van der Waals surface area contributed by atoms with Gasteiger partial charge in [0.15, 0.2) is 0 Å². The molecular weight excluding hydrogens is 286 g/mol. The van der Waals surface area contributed by atoms with E-state index >= 15 is 0 Å². The first-order valence-corrected chi connectivity index (χ1v) is 8.16. The predicted octanol–water partition coefficient (Wildman–Crippen LogP) is 2.87. The van der Waals surface area contributed by atoms with E-state index in [2.05, 4.69) is 4.90 Å². The maximum Gasteiger partial charge on any atom is 0.322 e. The minimum atomic E-state index is -0.733. The van der Waals surface area contributed by atoms with Crippen molar-refractivity contribution in [2.24, 2.45) is 0 Å². The minimum absolute atomic E-state index is 0.283. The second-order valence-electron chi connectivity index (χ2n) is 5.86. The average Bonchev–Trinajstić information content (AvgIpc) is 2.57. The van der Waals surface area contributed by atoms with E-state index in [4.69, 9.17) is 4.74 Å². The summed E-state index contributed by atoms with van der Waals surface area (Å²) < 4.78 is 4.88. The maximum absolute atomic E-state index is 11.7. The summed E-state index contributed by atoms with van der Waals surface area (Å²) in [6.45, 7) is 5.54. The molecule has 0 amide bonds. The van der Waals surface area contributed by atoms with Crippen LogP contribution < -0.4 is 4.74 Å². The van der Waals surface area contributed by atoms with E-state index in [0.717, 1.165) is 30.0 Å². The summed E-state index contributed by atoms with van der Waals surface area (Å²) >= 11 is 1.76. The number of methoxy groups -OCH3 is 1. The van der Waals surface area contributed by atoms with Crippen LogP contribution in [0.3, 0.4) is 0 Å². The molecule has 0 saturated carbocycles. The molecule has 5 heteroatoms. The number of benzene rings is 1. The van der Waals surface area contributed by atoms with Crippen molar-refractivity contribution in [1.29, 1.82) is 0 Å². The van der Waals surface area contributed by atoms with Crippen LogP contribution in [0.15, 0.2) is 24.3 Å². The van der Waals surface area contributed by atoms with E-state index in [9.17, 15) is 9.90 Å². The van der Waals surface area contributed by atoms with Crippen LogP contribution in [-0.4, -0.2) is 46.2 Å². The average molecular weight is 309 g/mol. The Balaban J connectivity index is 2.19. The Morgan fingerprint density at radius 1 is 1.43 bits per heavy atom. The lowest BCUT2D eigenvalue weighted by molar-refractivity contribution is -0.144. The Kier molecular flexibility index (Phi) is 5.17. The van der Waals surface area contributed by atoms with E-state index in [1.165, 1.54) is 0 Å². The molecule has 1 aromatic carbocycles. The molecule has 0 bridgehead atoms. The quantitative estimate of drug-likeness (QED) is 0.927. The van der Waals surface area contributed by atoms with Gasteiger partial charge in [0.05, 0.1) is 7.11 Å². The van der Waals surface area contributed by atoms with Gasteiger partial charge < -0.3 is 9.84 Å². The smallest absolute Gasteiger partial charge is 0.322 e. The zero-order valence-corrected chi connectivity index (χ0v) is 13.7. The van der Waals surface area contributed by atoms with E-state index in [-0.39, 0.29) is 4.75 Å². The molecule has 1 N–H and O–H groups in total. The Labute approximate surface area is 130 Å². The molecule has 2 rings (SSSR count). The van der Waals surface area contributed by atoms with Crippen LogP contribution in [0.5, 0.6) is 5.75 Å². The zero-order valence-electron chi connectivity index (χ0n) is 12.8. The van der Waals surface area contributed by atoms with Gasteiger partial charge in [-0.2, -0.15) is 11.8 Å². The topological polar surface area (TPSA) is 49.8 Å². The van der Waals surface area contributed by atoms with Crippen LogP contribution in [0.2, 0.25) is 0 Å². The van der Waals surface area contributed by atoms with Crippen LogP contribution in [-0.2, 0) is 11.3 Å². The van der Waals surface area contributed by atoms with Crippen molar-refractivity contribution in [3.8, 4) is 5.75 Å². The van der Waals surface area contributed by atoms with Gasteiger partial charge in [0.25, 0.3) is 0 Å². The lowest BCUT2D eigenvalue weighted by atomic mass is 10.0. The number of hydrogen-bond donors (Lipinski definition) is 1. The van der Waals surface area contributed by atoms with Crippen LogP contribution in [0, 0.1) is 0 Å². The molecule has 116 valence electrons. The number of thioether (sulfide) groups is 1. The second kappa shape index (κ2) is 6.71. The fourth-order valence-electron chi connectivity index (χ4n) is 2.84. The molecule has 0 radical (unpaired) electrons. The molecule has 1 fully saturated rings. The predicted molar refractivity (Wildman–Crippen MR) is 86.0 cm³/mol. The van der Waals surface area contributed by atoms with Crippen LogP contribution in [0.4, 0.5) is 0 Å². The van der Waals surface area contributed by atoms with Crippen LogP contribution in [0.1, 0.15) is 25.8 Å². The summed E-state index contributed by atoms with van der Waals surface area (Å²) in [5.74, 6) is 1.10. The highest BCUT2D eigenvalue weighted by Crippen LogP contribution is 2.35. The Morgan fingerprint density at radius 2 is 2.10 bits per heavy atom. The van der Waals surface area contributed by atoms with Crippen molar-refractivity contribution in [2.75, 3.05) is 19.4 Å². The highest BCUT2D eigenvalue weighted by atomic mass is 32.2. The standard InChI is InChI=1S/C16H23NO3S/c1-16(2)14(15(18)19)17(9-4-10-21-16)11-12-5-7-13(20-3)8-6-12/h5-8,14H,4,9-11H2,1-3H3,(H,18,19)/t14-/m0/s1. The Bertz CT molecular complexity index is 487. The molecule has 0 spiro atoms. The lowest BCUT2D eigenvalue weighted by Crippen LogP contribution is -2.51. The number of ether oxygens (including phenoxy) is 1. The Hall–Kier alpha value is -1.20. The first-order chi connectivity index (χ1) is 9.94. The molecule has 0 aromatic heterocycles. The number of rotatable bonds is 4. The highest BCUT2D eigenvalue weighted by molar-refractivity contribution is 8.00. The number of nitrogens with zero attached hydrogens (tertiary/aromatic N) is 1. The first-order valence-electron chi connectivity index (χ1n) is 7.18. The normalized spacial score (nSPS) is 22.5. The fourth-order valence-corrected chi connectivity index (χ4v) is 4.05. The number of carbonyl (C=O) groups is 1. The molecular formula is C16H23NO3S. The third kappa shape index (κ3) is 3.92. The molecule has 0 aliphatic carbocycles.